The van der Waals surface area contributed by atoms with Crippen LogP contribution in [0.25, 0.3) is 0 Å². The van der Waals surface area contributed by atoms with E-state index >= 15 is 0 Å². The van der Waals surface area contributed by atoms with Crippen molar-refractivity contribution in [2.24, 2.45) is 0 Å². The van der Waals surface area contributed by atoms with E-state index in [0.717, 1.165) is 0 Å². The summed E-state index contributed by atoms with van der Waals surface area (Å²) in [6.45, 7) is 38.8. The van der Waals surface area contributed by atoms with Gasteiger partial charge in [-0.05, 0) is 79.4 Å². The Bertz CT molecular complexity index is 950. The maximum Gasteiger partial charge on any atom is -0.0116 e. The van der Waals surface area contributed by atoms with Crippen molar-refractivity contribution < 1.29 is 0 Å². The van der Waals surface area contributed by atoms with Crippen LogP contribution in [0.4, 0.5) is 0 Å². The second kappa shape index (κ2) is 13.1. The molecule has 0 nitrogen and oxygen atoms in total. The van der Waals surface area contributed by atoms with E-state index in [4.69, 9.17) is 0 Å². The first kappa shape index (κ1) is 33.9. The highest BCUT2D eigenvalue weighted by Gasteiger charge is 2.33. The minimum absolute atomic E-state index is 0.159. The molecule has 0 amide bonds. The second-order valence-electron chi connectivity index (χ2n) is 14.6. The molecule has 0 radical (unpaired) electrons. The van der Waals surface area contributed by atoms with E-state index < -0.39 is 7.92 Å². The highest BCUT2D eigenvalue weighted by Crippen LogP contribution is 2.51. The van der Waals surface area contributed by atoms with Crippen LogP contribution in [0.1, 0.15) is 122 Å². The third kappa shape index (κ3) is 7.93. The van der Waals surface area contributed by atoms with Crippen molar-refractivity contribution >= 4 is 45.0 Å². The highest BCUT2D eigenvalue weighted by molar-refractivity contribution is 7.79. The van der Waals surface area contributed by atoms with E-state index in [1.54, 1.807) is 21.2 Å². The molecule has 0 saturated heterocycles. The first-order valence-corrected chi connectivity index (χ1v) is 19.3. The van der Waals surface area contributed by atoms with E-state index in [2.05, 4.69) is 147 Å². The Morgan fingerprint density at radius 1 is 0.421 bits per heavy atom. The smallest absolute Gasteiger partial charge is 0.0116 e. The van der Waals surface area contributed by atoms with Crippen LogP contribution in [0.2, 0.25) is 0 Å². The molecule has 2 aromatic rings. The Balaban J connectivity index is 3.00. The molecule has 0 fully saturated rings. The third-order valence-electron chi connectivity index (χ3n) is 7.50. The average molecular weight is 573 g/mol. The van der Waals surface area contributed by atoms with Gasteiger partial charge in [0.15, 0.2) is 0 Å². The number of hydrogen-bond donors (Lipinski definition) is 0. The molecule has 38 heavy (non-hydrogen) atoms. The normalized spacial score (nSPS) is 13.6. The first-order valence-electron chi connectivity index (χ1n) is 14.9. The molecular weight excluding hydrogens is 513 g/mol. The molecule has 0 bridgehead atoms. The second-order valence-corrected chi connectivity index (χ2v) is 24.0. The summed E-state index contributed by atoms with van der Waals surface area (Å²) in [5, 5.41) is 6.68. The standard InChI is InChI=1S/C35H59P3/c1-23(2)36(24(3)4)32-21-28(34(11,12)13)17-19-30(32)38(27(9)10)31-20-18-29(35(14,15)16)22-33(31)37(25(5)6)26(7)8/h17-27H,1-16H3. The van der Waals surface area contributed by atoms with Gasteiger partial charge in [0.05, 0.1) is 0 Å². The van der Waals surface area contributed by atoms with Gasteiger partial charge in [-0.3, -0.25) is 0 Å². The highest BCUT2D eigenvalue weighted by atomic mass is 31.1. The quantitative estimate of drug-likeness (QED) is 0.262. The van der Waals surface area contributed by atoms with Gasteiger partial charge in [-0.25, -0.2) is 0 Å². The van der Waals surface area contributed by atoms with Gasteiger partial charge in [0.25, 0.3) is 0 Å². The molecule has 2 rings (SSSR count). The Morgan fingerprint density at radius 3 is 0.921 bits per heavy atom. The summed E-state index contributed by atoms with van der Waals surface area (Å²) in [5.41, 5.74) is 6.58. The van der Waals surface area contributed by atoms with Crippen molar-refractivity contribution in [3.8, 4) is 0 Å². The zero-order valence-electron chi connectivity index (χ0n) is 27.7. The fraction of sp³-hybridized carbons (Fsp3) is 0.657. The number of hydrogen-bond acceptors (Lipinski definition) is 0. The maximum atomic E-state index is 2.63. The molecule has 3 heteroatoms. The van der Waals surface area contributed by atoms with Crippen LogP contribution < -0.4 is 21.2 Å². The number of rotatable bonds is 9. The monoisotopic (exact) mass is 572 g/mol. The topological polar surface area (TPSA) is 0 Å². The summed E-state index contributed by atoms with van der Waals surface area (Å²) in [6.07, 6.45) is 0. The van der Waals surface area contributed by atoms with Crippen LogP contribution in [0.15, 0.2) is 36.4 Å². The Hall–Kier alpha value is -0.270. The zero-order chi connectivity index (χ0) is 29.3. The summed E-state index contributed by atoms with van der Waals surface area (Å²) >= 11 is 0. The third-order valence-corrected chi connectivity index (χ3v) is 17.0. The van der Waals surface area contributed by atoms with Gasteiger partial charge in [0.2, 0.25) is 0 Å². The minimum Gasteiger partial charge on any atom is -0.0693 e. The van der Waals surface area contributed by atoms with Crippen LogP contribution >= 0.6 is 23.8 Å². The van der Waals surface area contributed by atoms with Gasteiger partial charge in [0, 0.05) is 0 Å². The lowest BCUT2D eigenvalue weighted by atomic mass is 9.87. The van der Waals surface area contributed by atoms with Crippen LogP contribution in [0.3, 0.4) is 0 Å². The predicted octanol–water partition coefficient (Wildman–Crippen LogP) is 9.97. The predicted molar refractivity (Wildman–Crippen MR) is 185 cm³/mol. The first-order chi connectivity index (χ1) is 17.3. The van der Waals surface area contributed by atoms with Crippen molar-refractivity contribution in [1.29, 1.82) is 0 Å². The van der Waals surface area contributed by atoms with Crippen molar-refractivity contribution in [2.75, 3.05) is 0 Å². The summed E-state index contributed by atoms with van der Waals surface area (Å²) in [7, 11) is -0.997. The van der Waals surface area contributed by atoms with E-state index in [1.165, 1.54) is 11.1 Å². The molecule has 0 heterocycles. The lowest BCUT2D eigenvalue weighted by Crippen LogP contribution is -2.38. The fourth-order valence-corrected chi connectivity index (χ4v) is 15.5. The zero-order valence-corrected chi connectivity index (χ0v) is 30.4. The molecular formula is C35H59P3. The van der Waals surface area contributed by atoms with Crippen LogP contribution in [-0.2, 0) is 10.8 Å². The SMILES string of the molecule is CC(C)P(c1ccc(C(C)(C)C)cc1P(C(C)C)C(C)C)c1ccc(C(C)(C)C)cc1P(C(C)C)C(C)C. The lowest BCUT2D eigenvalue weighted by Gasteiger charge is -2.37. The van der Waals surface area contributed by atoms with Gasteiger partial charge in [0.1, 0.15) is 0 Å². The van der Waals surface area contributed by atoms with E-state index in [0.29, 0.717) is 28.3 Å². The molecule has 0 aromatic heterocycles. The fourth-order valence-electron chi connectivity index (χ4n) is 5.79. The largest absolute Gasteiger partial charge is 0.0693 e. The molecule has 0 unspecified atom stereocenters. The molecule has 0 aliphatic carbocycles. The van der Waals surface area contributed by atoms with Gasteiger partial charge in [-0.1, -0.05) is 163 Å². The Kier molecular flexibility index (Phi) is 11.7. The lowest BCUT2D eigenvalue weighted by molar-refractivity contribution is 0.590. The van der Waals surface area contributed by atoms with Crippen molar-refractivity contribution in [1.82, 2.24) is 0 Å². The molecule has 0 aliphatic heterocycles. The summed E-state index contributed by atoms with van der Waals surface area (Å²) in [6, 6.07) is 15.3. The van der Waals surface area contributed by atoms with E-state index in [1.807, 2.05) is 0 Å². The van der Waals surface area contributed by atoms with Gasteiger partial charge in [-0.15, -0.1) is 0 Å². The molecule has 0 N–H and O–H groups in total. The molecule has 0 saturated carbocycles. The molecule has 0 aliphatic rings. The van der Waals surface area contributed by atoms with Gasteiger partial charge in [-0.2, -0.15) is 0 Å². The molecule has 0 atom stereocenters. The van der Waals surface area contributed by atoms with Gasteiger partial charge >= 0.3 is 0 Å². The van der Waals surface area contributed by atoms with Gasteiger partial charge < -0.3 is 0 Å². The minimum atomic E-state index is -0.480. The molecule has 214 valence electrons. The summed E-state index contributed by atoms with van der Waals surface area (Å²) < 4.78 is 0. The molecule has 2 aromatic carbocycles. The van der Waals surface area contributed by atoms with Crippen molar-refractivity contribution in [2.45, 2.75) is 150 Å². The maximum absolute atomic E-state index is 2.63. The van der Waals surface area contributed by atoms with E-state index in [9.17, 15) is 0 Å². The van der Waals surface area contributed by atoms with Crippen LogP contribution in [-0.4, -0.2) is 28.3 Å². The average Bonchev–Trinajstić information content (AvgIpc) is 2.73. The Morgan fingerprint density at radius 2 is 0.711 bits per heavy atom. The molecule has 0 spiro atoms. The Labute approximate surface area is 241 Å². The van der Waals surface area contributed by atoms with Crippen molar-refractivity contribution in [3.05, 3.63) is 47.5 Å². The van der Waals surface area contributed by atoms with Crippen LogP contribution in [0, 0.1) is 0 Å². The summed E-state index contributed by atoms with van der Waals surface area (Å²) in [4.78, 5) is 0. The van der Waals surface area contributed by atoms with Crippen LogP contribution in [0.5, 0.6) is 0 Å². The summed E-state index contributed by atoms with van der Waals surface area (Å²) in [5.74, 6) is 0. The van der Waals surface area contributed by atoms with Crippen molar-refractivity contribution in [3.63, 3.8) is 0 Å². The van der Waals surface area contributed by atoms with E-state index in [-0.39, 0.29) is 26.7 Å². The number of benzene rings is 2.